The Morgan fingerprint density at radius 2 is 1.90 bits per heavy atom. The number of aromatic nitrogens is 1. The number of hydrogen-bond donors (Lipinski definition) is 1. The van der Waals surface area contributed by atoms with E-state index < -0.39 is 0 Å². The number of carbonyl (C=O) groups excluding carboxylic acids is 3. The number of rotatable bonds is 2. The number of benzene rings is 2. The van der Waals surface area contributed by atoms with Crippen LogP contribution >= 0.6 is 11.3 Å². The summed E-state index contributed by atoms with van der Waals surface area (Å²) < 4.78 is 12.3. The topological polar surface area (TPSA) is 105 Å². The molecule has 40 heavy (non-hydrogen) atoms. The second kappa shape index (κ2) is 11.1. The number of oxazole rings is 1. The average Bonchev–Trinajstić information content (AvgIpc) is 3.69. The fraction of sp³-hybridized carbons (Fsp3) is 0.333. The fourth-order valence-electron chi connectivity index (χ4n) is 5.47. The number of hydrogen-bond acceptors (Lipinski definition) is 7. The van der Waals surface area contributed by atoms with Crippen LogP contribution in [0.3, 0.4) is 0 Å². The van der Waals surface area contributed by atoms with Crippen molar-refractivity contribution in [2.24, 2.45) is 0 Å². The van der Waals surface area contributed by atoms with Gasteiger partial charge < -0.3 is 24.3 Å². The summed E-state index contributed by atoms with van der Waals surface area (Å²) in [5.41, 5.74) is 1.21. The molecule has 0 saturated carbocycles. The first-order valence-corrected chi connectivity index (χ1v) is 14.3. The molecule has 1 fully saturated rings. The van der Waals surface area contributed by atoms with Crippen LogP contribution in [0.15, 0.2) is 65.4 Å². The van der Waals surface area contributed by atoms with Crippen LogP contribution in [0.4, 0.5) is 0 Å². The number of likely N-dealkylation sites (tertiary alicyclic amines) is 1. The highest BCUT2D eigenvalue weighted by molar-refractivity contribution is 7.20. The molecule has 0 aliphatic carbocycles. The van der Waals surface area contributed by atoms with Gasteiger partial charge in [-0.2, -0.15) is 0 Å². The van der Waals surface area contributed by atoms with Crippen molar-refractivity contribution in [3.05, 3.63) is 82.9 Å². The highest BCUT2D eigenvalue weighted by Gasteiger charge is 2.38. The Kier molecular flexibility index (Phi) is 7.25. The molecule has 2 bridgehead atoms. The van der Waals surface area contributed by atoms with Crippen molar-refractivity contribution in [3.8, 4) is 5.75 Å². The normalized spacial score (nSPS) is 20.0. The first-order valence-electron chi connectivity index (χ1n) is 13.5. The van der Waals surface area contributed by atoms with Gasteiger partial charge in [-0.25, -0.2) is 4.98 Å². The van der Waals surface area contributed by atoms with Crippen LogP contribution in [0.1, 0.15) is 50.2 Å². The molecular formula is C30H30N4O5S. The molecule has 1 N–H and O–H groups in total. The molecule has 0 unspecified atom stereocenters. The van der Waals surface area contributed by atoms with Gasteiger partial charge in [0.1, 0.15) is 11.5 Å². The number of amides is 3. The maximum atomic E-state index is 13.6. The number of thiophene rings is 1. The van der Waals surface area contributed by atoms with Crippen molar-refractivity contribution >= 4 is 39.1 Å². The minimum Gasteiger partial charge on any atom is -0.494 e. The molecule has 2 aromatic carbocycles. The Labute approximate surface area is 235 Å². The van der Waals surface area contributed by atoms with Crippen molar-refractivity contribution in [2.45, 2.75) is 31.7 Å². The molecule has 2 aliphatic heterocycles. The van der Waals surface area contributed by atoms with Crippen molar-refractivity contribution in [1.29, 1.82) is 0 Å². The lowest BCUT2D eigenvalue weighted by molar-refractivity contribution is -0.122. The van der Waals surface area contributed by atoms with E-state index in [1.165, 1.54) is 22.6 Å². The van der Waals surface area contributed by atoms with Gasteiger partial charge in [-0.15, -0.1) is 11.3 Å². The van der Waals surface area contributed by atoms with Crippen molar-refractivity contribution in [1.82, 2.24) is 20.1 Å². The summed E-state index contributed by atoms with van der Waals surface area (Å²) in [6, 6.07) is 17.4. The minimum atomic E-state index is -0.343. The maximum absolute atomic E-state index is 13.6. The molecular weight excluding hydrogens is 528 g/mol. The first kappa shape index (κ1) is 26.1. The molecule has 9 nitrogen and oxygen atoms in total. The predicted molar refractivity (Wildman–Crippen MR) is 151 cm³/mol. The predicted octanol–water partition coefficient (Wildman–Crippen LogP) is 4.24. The lowest BCUT2D eigenvalue weighted by Crippen LogP contribution is -2.47. The SMILES string of the molecule is Cc1ocnc1C(=O)N1CCCCOc2cccc(c2)[C@H]2CN(C(=O)c3cc4ccccc4s3)C[C@@H]2NC(=O)C1. The van der Waals surface area contributed by atoms with Gasteiger partial charge in [-0.3, -0.25) is 14.4 Å². The summed E-state index contributed by atoms with van der Waals surface area (Å²) in [5.74, 6) is 0.370. The van der Waals surface area contributed by atoms with Crippen LogP contribution in [0.25, 0.3) is 10.1 Å². The summed E-state index contributed by atoms with van der Waals surface area (Å²) in [5, 5.41) is 4.18. The summed E-state index contributed by atoms with van der Waals surface area (Å²) in [4.78, 5) is 48.3. The zero-order valence-corrected chi connectivity index (χ0v) is 23.0. The largest absolute Gasteiger partial charge is 0.494 e. The molecule has 206 valence electrons. The summed E-state index contributed by atoms with van der Waals surface area (Å²) in [6.45, 7) is 3.27. The van der Waals surface area contributed by atoms with Crippen molar-refractivity contribution in [2.75, 3.05) is 32.8 Å². The van der Waals surface area contributed by atoms with Crippen molar-refractivity contribution < 1.29 is 23.5 Å². The second-order valence-electron chi connectivity index (χ2n) is 10.3. The third-order valence-corrected chi connectivity index (χ3v) is 8.64. The van der Waals surface area contributed by atoms with E-state index in [0.29, 0.717) is 43.3 Å². The fourth-order valence-corrected chi connectivity index (χ4v) is 6.50. The van der Waals surface area contributed by atoms with Crippen LogP contribution in [0.5, 0.6) is 5.75 Å². The summed E-state index contributed by atoms with van der Waals surface area (Å²) in [6.07, 6.45) is 2.62. The van der Waals surface area contributed by atoms with E-state index in [0.717, 1.165) is 27.8 Å². The molecule has 3 amide bonds. The van der Waals surface area contributed by atoms with E-state index in [-0.39, 0.29) is 41.9 Å². The lowest BCUT2D eigenvalue weighted by atomic mass is 9.94. The minimum absolute atomic E-state index is 0.0495. The van der Waals surface area contributed by atoms with E-state index >= 15 is 0 Å². The van der Waals surface area contributed by atoms with E-state index in [2.05, 4.69) is 10.3 Å². The molecule has 2 atom stereocenters. The third kappa shape index (κ3) is 5.31. The summed E-state index contributed by atoms with van der Waals surface area (Å²) >= 11 is 1.48. The highest BCUT2D eigenvalue weighted by Crippen LogP contribution is 2.33. The average molecular weight is 559 g/mol. The van der Waals surface area contributed by atoms with Gasteiger partial charge in [-0.05, 0) is 55.0 Å². The molecule has 2 aromatic heterocycles. The maximum Gasteiger partial charge on any atom is 0.276 e. The zero-order valence-electron chi connectivity index (χ0n) is 22.2. The first-order chi connectivity index (χ1) is 19.5. The van der Waals surface area contributed by atoms with Gasteiger partial charge in [-0.1, -0.05) is 30.3 Å². The smallest absolute Gasteiger partial charge is 0.276 e. The Balaban J connectivity index is 1.27. The van der Waals surface area contributed by atoms with E-state index in [1.54, 1.807) is 6.92 Å². The van der Waals surface area contributed by atoms with E-state index in [1.807, 2.05) is 59.5 Å². The Hall–Kier alpha value is -4.18. The zero-order chi connectivity index (χ0) is 27.6. The van der Waals surface area contributed by atoms with Crippen LogP contribution in [0.2, 0.25) is 0 Å². The Morgan fingerprint density at radius 1 is 1.02 bits per heavy atom. The monoisotopic (exact) mass is 558 g/mol. The second-order valence-corrected chi connectivity index (χ2v) is 11.3. The van der Waals surface area contributed by atoms with Gasteiger partial charge in [0.05, 0.1) is 24.1 Å². The Bertz CT molecular complexity index is 1530. The standard InChI is InChI=1S/C30H30N4O5S/c1-19-28(31-18-39-19)30(37)33-11-4-5-12-38-22-9-6-8-20(13-22)23-15-34(16-24(23)32-27(35)17-33)29(36)26-14-21-7-2-3-10-25(21)40-26/h2-3,6-10,13-14,18,23-24H,4-5,11-12,15-17H2,1H3,(H,32,35)/t23-,24+/m1/s1. The molecule has 10 heteroatoms. The number of ether oxygens (including phenoxy) is 1. The quantitative estimate of drug-likeness (QED) is 0.395. The van der Waals surface area contributed by atoms with Gasteiger partial charge in [0.15, 0.2) is 12.1 Å². The van der Waals surface area contributed by atoms with Gasteiger partial charge in [0.25, 0.3) is 11.8 Å². The number of nitrogens with zero attached hydrogens (tertiary/aromatic N) is 3. The van der Waals surface area contributed by atoms with Crippen molar-refractivity contribution in [3.63, 3.8) is 0 Å². The number of aryl methyl sites for hydroxylation is 1. The third-order valence-electron chi connectivity index (χ3n) is 7.54. The van der Waals surface area contributed by atoms with Crippen LogP contribution in [0, 0.1) is 6.92 Å². The molecule has 0 radical (unpaired) electrons. The molecule has 4 aromatic rings. The van der Waals surface area contributed by atoms with Crippen LogP contribution in [-0.2, 0) is 4.79 Å². The number of fused-ring (bicyclic) bond motifs is 5. The van der Waals surface area contributed by atoms with Gasteiger partial charge in [0, 0.05) is 30.3 Å². The molecule has 2 aliphatic rings. The van der Waals surface area contributed by atoms with E-state index in [9.17, 15) is 14.4 Å². The van der Waals surface area contributed by atoms with Crippen LogP contribution in [-0.4, -0.2) is 71.3 Å². The Morgan fingerprint density at radius 3 is 2.73 bits per heavy atom. The van der Waals surface area contributed by atoms with Gasteiger partial charge >= 0.3 is 0 Å². The van der Waals surface area contributed by atoms with Crippen LogP contribution < -0.4 is 10.1 Å². The molecule has 6 rings (SSSR count). The molecule has 1 saturated heterocycles. The number of carbonyl (C=O) groups is 3. The molecule has 4 heterocycles. The van der Waals surface area contributed by atoms with Gasteiger partial charge in [0.2, 0.25) is 5.91 Å². The highest BCUT2D eigenvalue weighted by atomic mass is 32.1. The summed E-state index contributed by atoms with van der Waals surface area (Å²) in [7, 11) is 0. The molecule has 0 spiro atoms. The lowest BCUT2D eigenvalue weighted by Gasteiger charge is -2.25. The number of nitrogens with one attached hydrogen (secondary N) is 1. The van der Waals surface area contributed by atoms with E-state index in [4.69, 9.17) is 9.15 Å².